The smallest absolute Gasteiger partial charge is 0.223 e. The summed E-state index contributed by atoms with van der Waals surface area (Å²) in [6.07, 6.45) is 0. The second kappa shape index (κ2) is 5.63. The third-order valence-electron chi connectivity index (χ3n) is 2.71. The summed E-state index contributed by atoms with van der Waals surface area (Å²) >= 11 is 2.78. The minimum absolute atomic E-state index is 0.146. The van der Waals surface area contributed by atoms with Crippen LogP contribution in [0.1, 0.15) is 6.92 Å². The van der Waals surface area contributed by atoms with Crippen molar-refractivity contribution in [3.8, 4) is 21.8 Å². The van der Waals surface area contributed by atoms with Crippen molar-refractivity contribution in [2.45, 2.75) is 6.92 Å². The van der Waals surface area contributed by atoms with Gasteiger partial charge in [0.05, 0.1) is 16.3 Å². The number of benzene rings is 1. The number of aromatic nitrogens is 2. The van der Waals surface area contributed by atoms with E-state index < -0.39 is 0 Å². The van der Waals surface area contributed by atoms with Crippen LogP contribution in [0.5, 0.6) is 0 Å². The minimum Gasteiger partial charge on any atom is -0.375 e. The lowest BCUT2D eigenvalue weighted by molar-refractivity contribution is -0.114. The number of nitrogens with zero attached hydrogens (tertiary/aromatic N) is 2. The van der Waals surface area contributed by atoms with Gasteiger partial charge < -0.3 is 11.1 Å². The predicted octanol–water partition coefficient (Wildman–Crippen LogP) is 3.47. The molecule has 5 nitrogen and oxygen atoms in total. The standard InChI is InChI=1S/C14H12N4OS2/c1-8(19)16-14-18-11(9-5-3-2-4-6-9)12(21-14)10-7-20-13(15)17-10/h2-7H,1H3,(H2,15,17)(H,16,18,19). The molecule has 3 rings (SSSR count). The van der Waals surface area contributed by atoms with Crippen molar-refractivity contribution < 1.29 is 4.79 Å². The Balaban J connectivity index is 2.12. The van der Waals surface area contributed by atoms with Crippen LogP contribution in [-0.4, -0.2) is 15.9 Å². The first-order chi connectivity index (χ1) is 10.1. The summed E-state index contributed by atoms with van der Waals surface area (Å²) in [5.74, 6) is -0.146. The average molecular weight is 316 g/mol. The van der Waals surface area contributed by atoms with Gasteiger partial charge in [-0.1, -0.05) is 41.7 Å². The molecule has 2 heterocycles. The molecule has 21 heavy (non-hydrogen) atoms. The van der Waals surface area contributed by atoms with E-state index in [0.29, 0.717) is 10.3 Å². The normalized spacial score (nSPS) is 10.5. The molecule has 1 aromatic carbocycles. The molecule has 3 aromatic rings. The highest BCUT2D eigenvalue weighted by molar-refractivity contribution is 7.20. The van der Waals surface area contributed by atoms with E-state index >= 15 is 0 Å². The average Bonchev–Trinajstić information content (AvgIpc) is 3.05. The molecule has 7 heteroatoms. The fourth-order valence-corrected chi connectivity index (χ4v) is 3.50. The van der Waals surface area contributed by atoms with E-state index in [1.807, 2.05) is 35.7 Å². The molecule has 0 bridgehead atoms. The fourth-order valence-electron chi connectivity index (χ4n) is 1.88. The number of rotatable bonds is 3. The lowest BCUT2D eigenvalue weighted by Crippen LogP contribution is -2.04. The quantitative estimate of drug-likeness (QED) is 0.775. The third kappa shape index (κ3) is 2.93. The molecule has 106 valence electrons. The maximum Gasteiger partial charge on any atom is 0.223 e. The molecular formula is C14H12N4OS2. The second-order valence-electron chi connectivity index (χ2n) is 4.31. The maximum atomic E-state index is 11.2. The zero-order valence-electron chi connectivity index (χ0n) is 11.2. The van der Waals surface area contributed by atoms with Crippen LogP contribution in [0.3, 0.4) is 0 Å². The molecule has 0 saturated carbocycles. The fraction of sp³-hybridized carbons (Fsp3) is 0.0714. The van der Waals surface area contributed by atoms with Gasteiger partial charge in [-0.2, -0.15) is 0 Å². The van der Waals surface area contributed by atoms with Crippen LogP contribution in [0.4, 0.5) is 10.3 Å². The molecule has 2 aromatic heterocycles. The van der Waals surface area contributed by atoms with Crippen LogP contribution < -0.4 is 11.1 Å². The second-order valence-corrected chi connectivity index (χ2v) is 6.20. The molecule has 0 saturated heterocycles. The van der Waals surface area contributed by atoms with Crippen LogP contribution in [-0.2, 0) is 4.79 Å². The largest absolute Gasteiger partial charge is 0.375 e. The van der Waals surface area contributed by atoms with E-state index in [-0.39, 0.29) is 5.91 Å². The van der Waals surface area contributed by atoms with Crippen molar-refractivity contribution in [2.24, 2.45) is 0 Å². The zero-order valence-corrected chi connectivity index (χ0v) is 12.8. The highest BCUT2D eigenvalue weighted by atomic mass is 32.1. The Morgan fingerprint density at radius 1 is 1.24 bits per heavy atom. The van der Waals surface area contributed by atoms with Gasteiger partial charge in [-0.25, -0.2) is 9.97 Å². The number of hydrogen-bond donors (Lipinski definition) is 2. The monoisotopic (exact) mass is 316 g/mol. The van der Waals surface area contributed by atoms with Gasteiger partial charge in [0.25, 0.3) is 0 Å². The van der Waals surface area contributed by atoms with E-state index in [1.165, 1.54) is 29.6 Å². The number of anilines is 2. The molecule has 1 amide bonds. The number of carbonyl (C=O) groups is 1. The first-order valence-electron chi connectivity index (χ1n) is 6.18. The highest BCUT2D eigenvalue weighted by Gasteiger charge is 2.17. The van der Waals surface area contributed by atoms with Gasteiger partial charge in [-0.3, -0.25) is 4.79 Å². The number of hydrogen-bond acceptors (Lipinski definition) is 6. The van der Waals surface area contributed by atoms with Crippen LogP contribution in [0.2, 0.25) is 0 Å². The summed E-state index contributed by atoms with van der Waals surface area (Å²) in [6.45, 7) is 1.46. The molecular weight excluding hydrogens is 304 g/mol. The molecule has 0 atom stereocenters. The summed E-state index contributed by atoms with van der Waals surface area (Å²) in [6, 6.07) is 9.81. The van der Waals surface area contributed by atoms with Crippen molar-refractivity contribution in [2.75, 3.05) is 11.1 Å². The summed E-state index contributed by atoms with van der Waals surface area (Å²) in [5.41, 5.74) is 8.28. The molecule has 3 N–H and O–H groups in total. The molecule has 0 aliphatic rings. The molecule has 0 fully saturated rings. The topological polar surface area (TPSA) is 80.9 Å². The molecule has 0 aliphatic heterocycles. The van der Waals surface area contributed by atoms with E-state index in [4.69, 9.17) is 5.73 Å². The summed E-state index contributed by atoms with van der Waals surface area (Å²) in [4.78, 5) is 21.0. The van der Waals surface area contributed by atoms with Crippen molar-refractivity contribution >= 4 is 38.8 Å². The van der Waals surface area contributed by atoms with Gasteiger partial charge in [-0.05, 0) is 0 Å². The zero-order chi connectivity index (χ0) is 14.8. The van der Waals surface area contributed by atoms with Crippen LogP contribution in [0.25, 0.3) is 21.8 Å². The van der Waals surface area contributed by atoms with Crippen molar-refractivity contribution in [1.29, 1.82) is 0 Å². The Morgan fingerprint density at radius 2 is 2.00 bits per heavy atom. The molecule has 0 radical (unpaired) electrons. The Morgan fingerprint density at radius 3 is 2.62 bits per heavy atom. The number of carbonyl (C=O) groups excluding carboxylic acids is 1. The van der Waals surface area contributed by atoms with Crippen LogP contribution in [0, 0.1) is 0 Å². The third-order valence-corrected chi connectivity index (χ3v) is 4.38. The van der Waals surface area contributed by atoms with Gasteiger partial charge in [0.1, 0.15) is 0 Å². The van der Waals surface area contributed by atoms with Crippen LogP contribution in [0.15, 0.2) is 35.7 Å². The molecule has 0 unspecified atom stereocenters. The number of nitrogen functional groups attached to an aromatic ring is 1. The van der Waals surface area contributed by atoms with Gasteiger partial charge in [0.2, 0.25) is 5.91 Å². The number of nitrogens with one attached hydrogen (secondary N) is 1. The van der Waals surface area contributed by atoms with Crippen molar-refractivity contribution in [3.05, 3.63) is 35.7 Å². The van der Waals surface area contributed by atoms with Gasteiger partial charge in [-0.15, -0.1) is 11.3 Å². The number of amides is 1. The first kappa shape index (κ1) is 13.7. The van der Waals surface area contributed by atoms with Crippen molar-refractivity contribution in [1.82, 2.24) is 9.97 Å². The van der Waals surface area contributed by atoms with E-state index in [0.717, 1.165) is 21.8 Å². The SMILES string of the molecule is CC(=O)Nc1nc(-c2ccccc2)c(-c2csc(N)n2)s1. The van der Waals surface area contributed by atoms with Gasteiger partial charge >= 0.3 is 0 Å². The van der Waals surface area contributed by atoms with E-state index in [9.17, 15) is 4.79 Å². The first-order valence-corrected chi connectivity index (χ1v) is 7.88. The number of thiazole rings is 2. The van der Waals surface area contributed by atoms with E-state index in [2.05, 4.69) is 15.3 Å². The Hall–Kier alpha value is -2.25. The Bertz CT molecular complexity index is 779. The Kier molecular flexibility index (Phi) is 3.68. The Labute approximate surface area is 129 Å². The van der Waals surface area contributed by atoms with Gasteiger partial charge in [0.15, 0.2) is 10.3 Å². The summed E-state index contributed by atoms with van der Waals surface area (Å²) in [5, 5.41) is 5.69. The summed E-state index contributed by atoms with van der Waals surface area (Å²) < 4.78 is 0. The molecule has 0 aliphatic carbocycles. The predicted molar refractivity (Wildman–Crippen MR) is 87.4 cm³/mol. The summed E-state index contributed by atoms with van der Waals surface area (Å²) in [7, 11) is 0. The minimum atomic E-state index is -0.146. The number of nitrogens with two attached hydrogens (primary N) is 1. The lowest BCUT2D eigenvalue weighted by atomic mass is 10.1. The van der Waals surface area contributed by atoms with E-state index in [1.54, 1.807) is 0 Å². The van der Waals surface area contributed by atoms with Crippen LogP contribution >= 0.6 is 22.7 Å². The van der Waals surface area contributed by atoms with Crippen molar-refractivity contribution in [3.63, 3.8) is 0 Å². The highest BCUT2D eigenvalue weighted by Crippen LogP contribution is 2.39. The maximum absolute atomic E-state index is 11.2. The lowest BCUT2D eigenvalue weighted by Gasteiger charge is -1.99. The van der Waals surface area contributed by atoms with Gasteiger partial charge in [0, 0.05) is 17.9 Å². The molecule has 0 spiro atoms.